The maximum absolute atomic E-state index is 13.0. The van der Waals surface area contributed by atoms with Crippen molar-refractivity contribution in [2.45, 2.75) is 44.0 Å². The molecular formula is C17H23N7O9S2. The molecule has 1 aromatic rings. The number of likely N-dealkylation sites (tertiary alicyclic amines) is 1. The second-order valence-electron chi connectivity index (χ2n) is 8.23. The molecule has 1 aromatic heterocycles. The predicted octanol–water partition coefficient (Wildman–Crippen LogP) is -2.63. The second kappa shape index (κ2) is 9.36. The molecule has 2 aliphatic heterocycles. The van der Waals surface area contributed by atoms with E-state index in [4.69, 9.17) is 16.3 Å². The number of aliphatic carboxylic acids is 1. The van der Waals surface area contributed by atoms with Crippen LogP contribution in [0, 0.1) is 0 Å². The third-order valence-electron chi connectivity index (χ3n) is 5.31. The molecule has 3 amide bonds. The van der Waals surface area contributed by atoms with Crippen LogP contribution in [-0.2, 0) is 34.3 Å². The van der Waals surface area contributed by atoms with Crippen molar-refractivity contribution in [3.63, 3.8) is 0 Å². The minimum Gasteiger partial charge on any atom is -0.478 e. The Morgan fingerprint density at radius 1 is 1.37 bits per heavy atom. The summed E-state index contributed by atoms with van der Waals surface area (Å²) in [5, 5.41) is 16.5. The number of hydrogen-bond donors (Lipinski definition) is 5. The maximum Gasteiger partial charge on any atom is 0.362 e. The maximum atomic E-state index is 13.0. The first-order valence-corrected chi connectivity index (χ1v) is 12.3. The van der Waals surface area contributed by atoms with Crippen molar-refractivity contribution in [2.75, 3.05) is 18.8 Å². The Kier molecular flexibility index (Phi) is 7.02. The molecule has 3 heterocycles. The topological polar surface area (TPSA) is 248 Å². The lowest BCUT2D eigenvalue weighted by molar-refractivity contribution is -0.161. The number of nitrogens with two attached hydrogens (primary N) is 2. The fourth-order valence-electron chi connectivity index (χ4n) is 3.32. The Bertz CT molecular complexity index is 1200. The normalized spacial score (nSPS) is 23.3. The minimum atomic E-state index is -5.00. The Balaban J connectivity index is 1.87. The summed E-state index contributed by atoms with van der Waals surface area (Å²) < 4.78 is 33.0. The molecule has 3 atom stereocenters. The highest BCUT2D eigenvalue weighted by Crippen LogP contribution is 2.26. The number of thiazole rings is 1. The summed E-state index contributed by atoms with van der Waals surface area (Å²) in [5.74, 6) is -4.09. The van der Waals surface area contributed by atoms with Crippen molar-refractivity contribution in [1.29, 1.82) is 0 Å². The Labute approximate surface area is 202 Å². The highest BCUT2D eigenvalue weighted by atomic mass is 32.2. The zero-order chi connectivity index (χ0) is 26.3. The molecule has 18 heteroatoms. The number of aromatic nitrogens is 1. The minimum absolute atomic E-state index is 0.0528. The largest absolute Gasteiger partial charge is 0.478 e. The number of hydrogen-bond acceptors (Lipinski definition) is 12. The molecule has 2 saturated heterocycles. The molecule has 16 nitrogen and oxygen atoms in total. The summed E-state index contributed by atoms with van der Waals surface area (Å²) in [6.45, 7) is 2.21. The zero-order valence-electron chi connectivity index (χ0n) is 18.4. The Morgan fingerprint density at radius 2 is 2.03 bits per heavy atom. The number of nitrogens with one attached hydrogen (secondary N) is 1. The first-order chi connectivity index (χ1) is 16.1. The molecule has 35 heavy (non-hydrogen) atoms. The fraction of sp³-hybridized carbons (Fsp3) is 0.529. The number of amides is 3. The van der Waals surface area contributed by atoms with Crippen LogP contribution in [0.15, 0.2) is 10.5 Å². The summed E-state index contributed by atoms with van der Waals surface area (Å²) in [5.41, 5.74) is 8.79. The molecule has 3 rings (SSSR count). The number of carboxylic acids is 1. The summed E-state index contributed by atoms with van der Waals surface area (Å²) in [6.07, 6.45) is 0.307. The van der Waals surface area contributed by atoms with Gasteiger partial charge in [-0.3, -0.25) is 18.9 Å². The molecule has 192 valence electrons. The number of anilines is 1. The van der Waals surface area contributed by atoms with E-state index in [-0.39, 0.29) is 28.2 Å². The lowest BCUT2D eigenvalue weighted by atomic mass is 9.97. The van der Waals surface area contributed by atoms with Crippen molar-refractivity contribution in [1.82, 2.24) is 19.5 Å². The third-order valence-corrected chi connectivity index (χ3v) is 6.93. The van der Waals surface area contributed by atoms with Crippen molar-refractivity contribution < 1.29 is 42.1 Å². The van der Waals surface area contributed by atoms with E-state index in [2.05, 4.69) is 15.5 Å². The molecule has 0 unspecified atom stereocenters. The predicted molar refractivity (Wildman–Crippen MR) is 119 cm³/mol. The molecule has 0 aliphatic carbocycles. The van der Waals surface area contributed by atoms with E-state index in [1.165, 1.54) is 24.1 Å². The van der Waals surface area contributed by atoms with E-state index in [9.17, 15) is 37.3 Å². The van der Waals surface area contributed by atoms with Crippen LogP contribution in [0.5, 0.6) is 0 Å². The van der Waals surface area contributed by atoms with Gasteiger partial charge in [-0.05, 0) is 20.3 Å². The SMILES string of the molecule is CC(C)(O/N=C(\C(=O)N[C@@H]1C(=O)N(S(=O)(=O)O)[C@@H]1CN1CC[C@@H](N)C1=O)c1csc(N)n1)C(=O)O. The van der Waals surface area contributed by atoms with Crippen molar-refractivity contribution in [3.05, 3.63) is 11.1 Å². The number of rotatable bonds is 9. The number of β-lactam (4-membered cyclic amide) rings is 1. The van der Waals surface area contributed by atoms with Crippen LogP contribution in [-0.4, -0.2) is 98.5 Å². The van der Waals surface area contributed by atoms with Gasteiger partial charge < -0.3 is 31.6 Å². The Hall–Kier alpha value is -3.35. The molecule has 0 aromatic carbocycles. The van der Waals surface area contributed by atoms with Crippen LogP contribution in [0.2, 0.25) is 0 Å². The summed E-state index contributed by atoms with van der Waals surface area (Å²) in [7, 11) is -5.00. The van der Waals surface area contributed by atoms with E-state index >= 15 is 0 Å². The van der Waals surface area contributed by atoms with Gasteiger partial charge in [0.05, 0.1) is 12.1 Å². The van der Waals surface area contributed by atoms with Gasteiger partial charge >= 0.3 is 16.3 Å². The standard InChI is InChI=1S/C17H23N7O9S2/c1-17(2,15(28)29)33-22-10(8-6-34-16(19)20-8)12(25)21-11-9(24(14(11)27)35(30,31)32)5-23-4-3-7(18)13(23)26/h6-7,9,11H,3-5,18H2,1-2H3,(H2,19,20)(H,21,25)(H,28,29)(H,30,31,32)/b22-10-/t7-,9-,11+/m1/s1. The molecule has 0 saturated carbocycles. The van der Waals surface area contributed by atoms with E-state index in [0.717, 1.165) is 11.3 Å². The van der Waals surface area contributed by atoms with Crippen molar-refractivity contribution >= 4 is 56.2 Å². The van der Waals surface area contributed by atoms with Crippen LogP contribution in [0.1, 0.15) is 26.0 Å². The fourth-order valence-corrected chi connectivity index (χ4v) is 4.74. The molecular weight excluding hydrogens is 510 g/mol. The van der Waals surface area contributed by atoms with Gasteiger partial charge in [0.25, 0.3) is 11.8 Å². The molecule has 0 bridgehead atoms. The number of carboxylic acid groups (broad SMARTS) is 1. The van der Waals surface area contributed by atoms with Gasteiger partial charge in [0.15, 0.2) is 10.8 Å². The van der Waals surface area contributed by atoms with Gasteiger partial charge in [-0.15, -0.1) is 11.3 Å². The average Bonchev–Trinajstić information content (AvgIpc) is 3.30. The van der Waals surface area contributed by atoms with Crippen LogP contribution < -0.4 is 16.8 Å². The average molecular weight is 534 g/mol. The number of carbonyl (C=O) groups excluding carboxylic acids is 3. The Morgan fingerprint density at radius 3 is 2.51 bits per heavy atom. The number of oxime groups is 1. The first-order valence-electron chi connectivity index (χ1n) is 10.0. The monoisotopic (exact) mass is 533 g/mol. The molecule has 0 radical (unpaired) electrons. The molecule has 0 spiro atoms. The van der Waals surface area contributed by atoms with Gasteiger partial charge in [0.1, 0.15) is 11.7 Å². The van der Waals surface area contributed by atoms with E-state index in [1.807, 2.05) is 0 Å². The number of nitrogen functional groups attached to an aromatic ring is 1. The van der Waals surface area contributed by atoms with Crippen LogP contribution in [0.3, 0.4) is 0 Å². The lowest BCUT2D eigenvalue weighted by Crippen LogP contribution is -2.74. The highest BCUT2D eigenvalue weighted by molar-refractivity contribution is 7.84. The van der Waals surface area contributed by atoms with Gasteiger partial charge in [-0.25, -0.2) is 14.1 Å². The zero-order valence-corrected chi connectivity index (χ0v) is 20.1. The van der Waals surface area contributed by atoms with Gasteiger partial charge in [-0.1, -0.05) is 5.16 Å². The van der Waals surface area contributed by atoms with Gasteiger partial charge in [0, 0.05) is 18.5 Å². The quantitative estimate of drug-likeness (QED) is 0.0946. The summed E-state index contributed by atoms with van der Waals surface area (Å²) in [6, 6.07) is -3.61. The lowest BCUT2D eigenvalue weighted by Gasteiger charge is -2.45. The van der Waals surface area contributed by atoms with Crippen molar-refractivity contribution in [2.24, 2.45) is 10.9 Å². The van der Waals surface area contributed by atoms with Crippen LogP contribution >= 0.6 is 11.3 Å². The highest BCUT2D eigenvalue weighted by Gasteiger charge is 2.55. The summed E-state index contributed by atoms with van der Waals surface area (Å²) >= 11 is 0.945. The van der Waals surface area contributed by atoms with E-state index in [0.29, 0.717) is 6.42 Å². The second-order valence-corrected chi connectivity index (χ2v) is 10.4. The number of nitrogens with zero attached hydrogens (tertiary/aromatic N) is 4. The van der Waals surface area contributed by atoms with E-state index in [1.54, 1.807) is 0 Å². The number of carbonyl (C=O) groups is 4. The van der Waals surface area contributed by atoms with Gasteiger partial charge in [-0.2, -0.15) is 8.42 Å². The molecule has 7 N–H and O–H groups in total. The van der Waals surface area contributed by atoms with E-state index < -0.39 is 63.4 Å². The molecule has 2 aliphatic rings. The van der Waals surface area contributed by atoms with Crippen LogP contribution in [0.4, 0.5) is 5.13 Å². The smallest absolute Gasteiger partial charge is 0.362 e. The molecule has 2 fully saturated rings. The van der Waals surface area contributed by atoms with Gasteiger partial charge in [0.2, 0.25) is 11.5 Å². The van der Waals surface area contributed by atoms with Crippen LogP contribution in [0.25, 0.3) is 0 Å². The van der Waals surface area contributed by atoms with Crippen molar-refractivity contribution in [3.8, 4) is 0 Å². The third kappa shape index (κ3) is 5.34. The first kappa shape index (κ1) is 26.3. The summed E-state index contributed by atoms with van der Waals surface area (Å²) in [4.78, 5) is 59.1.